The third-order valence-electron chi connectivity index (χ3n) is 4.42. The second-order valence-electron chi connectivity index (χ2n) is 6.13. The molecule has 5 heteroatoms. The number of amides is 1. The average Bonchev–Trinajstić information content (AvgIpc) is 3.15. The standard InChI is InChI=1S/C19H24N2O3/c1-2-17(20-19(22)16-8-10-23-14-16)18-13-21(9-11-24-18)12-15-6-4-3-5-7-15/h3-8,10,14,17-18H,2,9,11-13H2,1H3,(H,20,22). The van der Waals surface area contributed by atoms with E-state index in [9.17, 15) is 4.79 Å². The van der Waals surface area contributed by atoms with Crippen LogP contribution in [-0.4, -0.2) is 42.6 Å². The van der Waals surface area contributed by atoms with Crippen LogP contribution in [0.15, 0.2) is 53.3 Å². The Kier molecular flexibility index (Phi) is 5.67. The first-order chi connectivity index (χ1) is 11.8. The zero-order valence-corrected chi connectivity index (χ0v) is 14.0. The molecule has 1 aliphatic rings. The summed E-state index contributed by atoms with van der Waals surface area (Å²) in [5.74, 6) is -0.112. The van der Waals surface area contributed by atoms with Gasteiger partial charge < -0.3 is 14.5 Å². The lowest BCUT2D eigenvalue weighted by atomic mass is 10.1. The highest BCUT2D eigenvalue weighted by Crippen LogP contribution is 2.15. The Balaban J connectivity index is 1.58. The van der Waals surface area contributed by atoms with Crippen molar-refractivity contribution in [3.05, 3.63) is 60.1 Å². The average molecular weight is 328 g/mol. The van der Waals surface area contributed by atoms with Gasteiger partial charge in [-0.15, -0.1) is 0 Å². The molecule has 1 N–H and O–H groups in total. The van der Waals surface area contributed by atoms with Crippen LogP contribution in [0.25, 0.3) is 0 Å². The molecule has 0 spiro atoms. The lowest BCUT2D eigenvalue weighted by Gasteiger charge is -2.37. The van der Waals surface area contributed by atoms with Crippen molar-refractivity contribution in [2.75, 3.05) is 19.7 Å². The van der Waals surface area contributed by atoms with Crippen LogP contribution in [0.3, 0.4) is 0 Å². The number of nitrogens with one attached hydrogen (secondary N) is 1. The Hall–Kier alpha value is -2.11. The van der Waals surface area contributed by atoms with Crippen LogP contribution in [0, 0.1) is 0 Å². The minimum atomic E-state index is -0.112. The molecule has 2 aromatic rings. The maximum Gasteiger partial charge on any atom is 0.254 e. The normalized spacial score (nSPS) is 19.8. The van der Waals surface area contributed by atoms with Gasteiger partial charge in [0.15, 0.2) is 0 Å². The van der Waals surface area contributed by atoms with Gasteiger partial charge in [-0.25, -0.2) is 0 Å². The smallest absolute Gasteiger partial charge is 0.254 e. The van der Waals surface area contributed by atoms with Gasteiger partial charge >= 0.3 is 0 Å². The fourth-order valence-corrected chi connectivity index (χ4v) is 3.06. The summed E-state index contributed by atoms with van der Waals surface area (Å²) in [4.78, 5) is 14.6. The Morgan fingerprint density at radius 3 is 2.88 bits per heavy atom. The summed E-state index contributed by atoms with van der Waals surface area (Å²) >= 11 is 0. The number of morpholine rings is 1. The van der Waals surface area contributed by atoms with E-state index in [2.05, 4.69) is 41.4 Å². The van der Waals surface area contributed by atoms with E-state index in [0.29, 0.717) is 12.2 Å². The van der Waals surface area contributed by atoms with Crippen molar-refractivity contribution in [2.24, 2.45) is 0 Å². The predicted octanol–water partition coefficient (Wildman–Crippen LogP) is 2.69. The van der Waals surface area contributed by atoms with Gasteiger partial charge in [-0.05, 0) is 18.1 Å². The van der Waals surface area contributed by atoms with Gasteiger partial charge in [0.25, 0.3) is 5.91 Å². The molecule has 1 fully saturated rings. The summed E-state index contributed by atoms with van der Waals surface area (Å²) in [7, 11) is 0. The molecule has 1 aromatic heterocycles. The molecule has 0 aliphatic carbocycles. The molecule has 0 radical (unpaired) electrons. The van der Waals surface area contributed by atoms with Crippen molar-refractivity contribution in [1.29, 1.82) is 0 Å². The zero-order valence-electron chi connectivity index (χ0n) is 14.0. The lowest BCUT2D eigenvalue weighted by molar-refractivity contribution is -0.0483. The van der Waals surface area contributed by atoms with Crippen LogP contribution >= 0.6 is 0 Å². The molecule has 24 heavy (non-hydrogen) atoms. The van der Waals surface area contributed by atoms with E-state index >= 15 is 0 Å². The van der Waals surface area contributed by atoms with Crippen LogP contribution in [0.4, 0.5) is 0 Å². The van der Waals surface area contributed by atoms with E-state index in [-0.39, 0.29) is 18.1 Å². The Labute approximate surface area is 142 Å². The molecule has 1 amide bonds. The van der Waals surface area contributed by atoms with Crippen LogP contribution < -0.4 is 5.32 Å². The van der Waals surface area contributed by atoms with Crippen LogP contribution in [0.2, 0.25) is 0 Å². The summed E-state index contributed by atoms with van der Waals surface area (Å²) in [5.41, 5.74) is 1.85. The highest BCUT2D eigenvalue weighted by molar-refractivity contribution is 5.93. The largest absolute Gasteiger partial charge is 0.472 e. The number of carbonyl (C=O) groups excluding carboxylic acids is 1. The van der Waals surface area contributed by atoms with Crippen molar-refractivity contribution in [3.63, 3.8) is 0 Å². The van der Waals surface area contributed by atoms with Crippen molar-refractivity contribution in [1.82, 2.24) is 10.2 Å². The lowest BCUT2D eigenvalue weighted by Crippen LogP contribution is -2.53. The second kappa shape index (κ2) is 8.13. The van der Waals surface area contributed by atoms with Crippen molar-refractivity contribution < 1.29 is 13.9 Å². The number of carbonyl (C=O) groups is 1. The number of rotatable bonds is 6. The summed E-state index contributed by atoms with van der Waals surface area (Å²) in [6, 6.07) is 12.1. The Morgan fingerprint density at radius 1 is 1.33 bits per heavy atom. The van der Waals surface area contributed by atoms with Crippen LogP contribution in [0.1, 0.15) is 29.3 Å². The highest BCUT2D eigenvalue weighted by atomic mass is 16.5. The molecule has 1 saturated heterocycles. The number of hydrogen-bond donors (Lipinski definition) is 1. The molecule has 1 aromatic carbocycles. The van der Waals surface area contributed by atoms with E-state index in [4.69, 9.17) is 9.15 Å². The molecule has 5 nitrogen and oxygen atoms in total. The maximum absolute atomic E-state index is 12.3. The summed E-state index contributed by atoms with van der Waals surface area (Å²) < 4.78 is 10.9. The first kappa shape index (κ1) is 16.7. The SMILES string of the molecule is CCC(NC(=O)c1ccoc1)C1CN(Cc2ccccc2)CCO1. The molecule has 2 unspecified atom stereocenters. The van der Waals surface area contributed by atoms with Crippen molar-refractivity contribution in [3.8, 4) is 0 Å². The molecule has 3 rings (SSSR count). The highest BCUT2D eigenvalue weighted by Gasteiger charge is 2.28. The third kappa shape index (κ3) is 4.24. The van der Waals surface area contributed by atoms with Crippen LogP contribution in [0.5, 0.6) is 0 Å². The topological polar surface area (TPSA) is 54.7 Å². The minimum absolute atomic E-state index is 0.00307. The monoisotopic (exact) mass is 328 g/mol. The van der Waals surface area contributed by atoms with Crippen molar-refractivity contribution >= 4 is 5.91 Å². The van der Waals surface area contributed by atoms with Gasteiger partial charge in [0.2, 0.25) is 0 Å². The number of ether oxygens (including phenoxy) is 1. The molecule has 2 heterocycles. The molecule has 0 bridgehead atoms. The van der Waals surface area contributed by atoms with E-state index in [0.717, 1.165) is 26.1 Å². The van der Waals surface area contributed by atoms with E-state index < -0.39 is 0 Å². The van der Waals surface area contributed by atoms with Crippen molar-refractivity contribution in [2.45, 2.75) is 32.0 Å². The minimum Gasteiger partial charge on any atom is -0.472 e. The second-order valence-corrected chi connectivity index (χ2v) is 6.13. The van der Waals surface area contributed by atoms with E-state index in [1.165, 1.54) is 18.1 Å². The summed E-state index contributed by atoms with van der Waals surface area (Å²) in [5, 5.41) is 3.07. The molecular formula is C19H24N2O3. The number of nitrogens with zero attached hydrogens (tertiary/aromatic N) is 1. The molecule has 1 aliphatic heterocycles. The summed E-state index contributed by atoms with van der Waals surface area (Å²) in [6.45, 7) is 5.40. The van der Waals surface area contributed by atoms with Gasteiger partial charge in [0.1, 0.15) is 6.26 Å². The maximum atomic E-state index is 12.3. The number of benzene rings is 1. The fraction of sp³-hybridized carbons (Fsp3) is 0.421. The van der Waals surface area contributed by atoms with Gasteiger partial charge in [0, 0.05) is 19.6 Å². The first-order valence-electron chi connectivity index (χ1n) is 8.47. The predicted molar refractivity (Wildman–Crippen MR) is 91.7 cm³/mol. The van der Waals surface area contributed by atoms with Gasteiger partial charge in [0.05, 0.1) is 30.6 Å². The number of furan rings is 1. The third-order valence-corrected chi connectivity index (χ3v) is 4.42. The van der Waals surface area contributed by atoms with E-state index in [1.54, 1.807) is 6.07 Å². The summed E-state index contributed by atoms with van der Waals surface area (Å²) in [6.07, 6.45) is 3.80. The molecule has 2 atom stereocenters. The first-order valence-corrected chi connectivity index (χ1v) is 8.47. The van der Waals surface area contributed by atoms with Crippen LogP contribution in [-0.2, 0) is 11.3 Å². The molecular weight excluding hydrogens is 304 g/mol. The van der Waals surface area contributed by atoms with Gasteiger partial charge in [-0.3, -0.25) is 9.69 Å². The number of hydrogen-bond acceptors (Lipinski definition) is 4. The fourth-order valence-electron chi connectivity index (χ4n) is 3.06. The molecule has 0 saturated carbocycles. The Bertz CT molecular complexity index is 627. The quantitative estimate of drug-likeness (QED) is 0.886. The molecule has 128 valence electrons. The van der Waals surface area contributed by atoms with Gasteiger partial charge in [-0.2, -0.15) is 0 Å². The van der Waals surface area contributed by atoms with Gasteiger partial charge in [-0.1, -0.05) is 37.3 Å². The van der Waals surface area contributed by atoms with E-state index in [1.807, 2.05) is 6.07 Å². The Morgan fingerprint density at radius 2 is 2.17 bits per heavy atom. The zero-order chi connectivity index (χ0) is 16.8.